The van der Waals surface area contributed by atoms with Gasteiger partial charge in [0.15, 0.2) is 0 Å². The summed E-state index contributed by atoms with van der Waals surface area (Å²) in [6.45, 7) is 1.34. The van der Waals surface area contributed by atoms with Crippen molar-refractivity contribution in [1.29, 1.82) is 0 Å². The van der Waals surface area contributed by atoms with Crippen molar-refractivity contribution in [2.45, 2.75) is 19.0 Å². The molecule has 66 valence electrons. The Labute approximate surface area is 67.3 Å². The normalized spacial score (nSPS) is 21.7. The van der Waals surface area contributed by atoms with Crippen molar-refractivity contribution in [3.63, 3.8) is 0 Å². The Kier molecular flexibility index (Phi) is 1.83. The van der Waals surface area contributed by atoms with E-state index in [2.05, 4.69) is 0 Å². The lowest BCUT2D eigenvalue weighted by Gasteiger charge is -2.25. The van der Waals surface area contributed by atoms with E-state index in [0.29, 0.717) is 0 Å². The highest BCUT2D eigenvalue weighted by Gasteiger charge is 2.49. The summed E-state index contributed by atoms with van der Waals surface area (Å²) >= 11 is 0. The molecular formula is C6H7FN2O3. The van der Waals surface area contributed by atoms with Crippen molar-refractivity contribution >= 4 is 17.8 Å². The van der Waals surface area contributed by atoms with Crippen LogP contribution in [0.25, 0.3) is 0 Å². The van der Waals surface area contributed by atoms with Crippen LogP contribution >= 0.6 is 0 Å². The van der Waals surface area contributed by atoms with Crippen LogP contribution in [0.5, 0.6) is 0 Å². The van der Waals surface area contributed by atoms with Crippen LogP contribution < -0.4 is 10.6 Å². The first-order valence-corrected chi connectivity index (χ1v) is 3.36. The summed E-state index contributed by atoms with van der Waals surface area (Å²) in [4.78, 5) is 32.1. The van der Waals surface area contributed by atoms with E-state index in [-0.39, 0.29) is 6.42 Å². The maximum atomic E-state index is 13.3. The minimum atomic E-state index is -2.60. The predicted molar refractivity (Wildman–Crippen MR) is 35.8 cm³/mol. The van der Waals surface area contributed by atoms with E-state index >= 15 is 0 Å². The Morgan fingerprint density at radius 1 is 1.25 bits per heavy atom. The number of alkyl halides is 1. The third-order valence-corrected chi connectivity index (χ3v) is 1.66. The molecule has 5 nitrogen and oxygen atoms in total. The van der Waals surface area contributed by atoms with Gasteiger partial charge in [0.2, 0.25) is 0 Å². The van der Waals surface area contributed by atoms with Crippen LogP contribution in [0.1, 0.15) is 13.3 Å². The van der Waals surface area contributed by atoms with Gasteiger partial charge in [0.1, 0.15) is 0 Å². The Balaban J connectivity index is 2.95. The number of urea groups is 1. The van der Waals surface area contributed by atoms with Gasteiger partial charge in [0, 0.05) is 0 Å². The van der Waals surface area contributed by atoms with Gasteiger partial charge in [-0.1, -0.05) is 6.92 Å². The molecule has 0 saturated carbocycles. The second-order valence-corrected chi connectivity index (χ2v) is 2.39. The monoisotopic (exact) mass is 174 g/mol. The van der Waals surface area contributed by atoms with Gasteiger partial charge in [0.05, 0.1) is 0 Å². The molecule has 6 heteroatoms. The highest BCUT2D eigenvalue weighted by molar-refractivity contribution is 6.21. The van der Waals surface area contributed by atoms with Gasteiger partial charge >= 0.3 is 6.03 Å². The van der Waals surface area contributed by atoms with Crippen LogP contribution in [0.15, 0.2) is 0 Å². The first kappa shape index (κ1) is 8.63. The van der Waals surface area contributed by atoms with E-state index < -0.39 is 23.5 Å². The van der Waals surface area contributed by atoms with Gasteiger partial charge in [-0.05, 0) is 6.42 Å². The molecule has 0 aliphatic carbocycles. The SMILES string of the molecule is CCC1(F)C(=O)NC(=O)NC1=O. The summed E-state index contributed by atoms with van der Waals surface area (Å²) in [7, 11) is 0. The zero-order valence-corrected chi connectivity index (χ0v) is 6.31. The van der Waals surface area contributed by atoms with Crippen LogP contribution in [0.4, 0.5) is 9.18 Å². The number of hydrogen-bond acceptors (Lipinski definition) is 3. The number of hydrogen-bond donors (Lipinski definition) is 2. The van der Waals surface area contributed by atoms with Gasteiger partial charge in [-0.15, -0.1) is 0 Å². The second-order valence-electron chi connectivity index (χ2n) is 2.39. The minimum Gasteiger partial charge on any atom is -0.274 e. The first-order chi connectivity index (χ1) is 5.50. The smallest absolute Gasteiger partial charge is 0.274 e. The highest BCUT2D eigenvalue weighted by atomic mass is 19.1. The van der Waals surface area contributed by atoms with E-state index in [0.717, 1.165) is 0 Å². The fourth-order valence-electron chi connectivity index (χ4n) is 0.860. The van der Waals surface area contributed by atoms with E-state index in [1.54, 1.807) is 10.6 Å². The van der Waals surface area contributed by atoms with Crippen LogP contribution in [-0.2, 0) is 9.59 Å². The summed E-state index contributed by atoms with van der Waals surface area (Å²) in [6.07, 6.45) is -0.294. The molecule has 1 fully saturated rings. The van der Waals surface area contributed by atoms with Crippen LogP contribution in [0, 0.1) is 0 Å². The number of nitrogens with one attached hydrogen (secondary N) is 2. The summed E-state index contributed by atoms with van der Waals surface area (Å²) in [5.41, 5.74) is -2.60. The van der Waals surface area contributed by atoms with Gasteiger partial charge < -0.3 is 0 Å². The number of barbiturate groups is 1. The number of carbonyl (C=O) groups is 3. The quantitative estimate of drug-likeness (QED) is 0.525. The van der Waals surface area contributed by atoms with Gasteiger partial charge in [-0.2, -0.15) is 0 Å². The molecule has 0 radical (unpaired) electrons. The fourth-order valence-corrected chi connectivity index (χ4v) is 0.860. The zero-order valence-electron chi connectivity index (χ0n) is 6.31. The molecule has 0 spiro atoms. The standard InChI is InChI=1S/C6H7FN2O3/c1-2-6(7)3(10)8-5(12)9-4(6)11/h2H2,1H3,(H2,8,9,10,11,12). The van der Waals surface area contributed by atoms with Crippen LogP contribution in [0.3, 0.4) is 0 Å². The Morgan fingerprint density at radius 3 is 2.00 bits per heavy atom. The maximum Gasteiger partial charge on any atom is 0.328 e. The largest absolute Gasteiger partial charge is 0.328 e. The average molecular weight is 174 g/mol. The number of carbonyl (C=O) groups excluding carboxylic acids is 3. The molecule has 1 aliphatic heterocycles. The molecule has 12 heavy (non-hydrogen) atoms. The molecule has 0 aromatic carbocycles. The van der Waals surface area contributed by atoms with Crippen LogP contribution in [-0.4, -0.2) is 23.5 Å². The molecule has 1 saturated heterocycles. The molecule has 0 aromatic heterocycles. The third-order valence-electron chi connectivity index (χ3n) is 1.66. The number of amides is 4. The molecule has 4 amide bonds. The minimum absolute atomic E-state index is 0.294. The average Bonchev–Trinajstić information content (AvgIpc) is 2.00. The topological polar surface area (TPSA) is 75.3 Å². The molecule has 1 heterocycles. The molecule has 0 unspecified atom stereocenters. The van der Waals surface area contributed by atoms with E-state index in [9.17, 15) is 18.8 Å². The zero-order chi connectivity index (χ0) is 9.35. The van der Waals surface area contributed by atoms with Crippen molar-refractivity contribution in [3.05, 3.63) is 0 Å². The lowest BCUT2D eigenvalue weighted by atomic mass is 9.99. The van der Waals surface area contributed by atoms with Crippen molar-refractivity contribution in [1.82, 2.24) is 10.6 Å². The third kappa shape index (κ3) is 1.05. The molecule has 0 aromatic rings. The van der Waals surface area contributed by atoms with Crippen molar-refractivity contribution in [3.8, 4) is 0 Å². The lowest BCUT2D eigenvalue weighted by Crippen LogP contribution is -2.64. The van der Waals surface area contributed by atoms with Gasteiger partial charge in [0.25, 0.3) is 17.5 Å². The number of imide groups is 2. The lowest BCUT2D eigenvalue weighted by molar-refractivity contribution is -0.146. The fraction of sp³-hybridized carbons (Fsp3) is 0.500. The first-order valence-electron chi connectivity index (χ1n) is 3.36. The van der Waals surface area contributed by atoms with E-state index in [1.165, 1.54) is 6.92 Å². The predicted octanol–water partition coefficient (Wildman–Crippen LogP) is -0.529. The molecular weight excluding hydrogens is 167 g/mol. The number of halogens is 1. The highest BCUT2D eigenvalue weighted by Crippen LogP contribution is 2.18. The van der Waals surface area contributed by atoms with Crippen molar-refractivity contribution in [2.24, 2.45) is 0 Å². The second kappa shape index (κ2) is 2.54. The summed E-state index contributed by atoms with van der Waals surface area (Å²) in [5, 5.41) is 3.33. The molecule has 0 atom stereocenters. The molecule has 1 rings (SSSR count). The Bertz CT molecular complexity index is 244. The van der Waals surface area contributed by atoms with Crippen molar-refractivity contribution in [2.75, 3.05) is 0 Å². The molecule has 1 aliphatic rings. The Hall–Kier alpha value is -1.46. The maximum absolute atomic E-state index is 13.3. The summed E-state index contributed by atoms with van der Waals surface area (Å²) < 4.78 is 13.3. The van der Waals surface area contributed by atoms with Gasteiger partial charge in [-0.25, -0.2) is 9.18 Å². The van der Waals surface area contributed by atoms with E-state index in [4.69, 9.17) is 0 Å². The number of rotatable bonds is 1. The van der Waals surface area contributed by atoms with Crippen LogP contribution in [0.2, 0.25) is 0 Å². The van der Waals surface area contributed by atoms with Gasteiger partial charge in [-0.3, -0.25) is 20.2 Å². The Morgan fingerprint density at radius 2 is 1.67 bits per heavy atom. The summed E-state index contributed by atoms with van der Waals surface area (Å²) in [6, 6.07) is -0.980. The van der Waals surface area contributed by atoms with E-state index in [1.807, 2.05) is 0 Å². The molecule has 2 N–H and O–H groups in total. The van der Waals surface area contributed by atoms with Crippen molar-refractivity contribution < 1.29 is 18.8 Å². The summed E-state index contributed by atoms with van der Waals surface area (Å²) in [5.74, 6) is -2.39. The molecule has 0 bridgehead atoms.